The number of halogens is 2. The van der Waals surface area contributed by atoms with Crippen molar-refractivity contribution >= 4 is 62.6 Å². The summed E-state index contributed by atoms with van der Waals surface area (Å²) in [7, 11) is 0. The van der Waals surface area contributed by atoms with Gasteiger partial charge >= 0.3 is 0 Å². The van der Waals surface area contributed by atoms with Crippen molar-refractivity contribution in [1.82, 2.24) is 10.6 Å². The Morgan fingerprint density at radius 2 is 1.83 bits per heavy atom. The zero-order valence-corrected chi connectivity index (χ0v) is 16.6. The number of hydrogen-bond acceptors (Lipinski definition) is 4. The van der Waals surface area contributed by atoms with Crippen LogP contribution in [-0.2, 0) is 11.3 Å². The van der Waals surface area contributed by atoms with Gasteiger partial charge in [-0.1, -0.05) is 0 Å². The van der Waals surface area contributed by atoms with Crippen LogP contribution in [0.5, 0.6) is 5.75 Å². The highest BCUT2D eigenvalue weighted by Crippen LogP contribution is 2.25. The topological polar surface area (TPSA) is 78.4 Å². The number of imide groups is 1. The first kappa shape index (κ1) is 17.2. The Morgan fingerprint density at radius 1 is 1.04 bits per heavy atom. The minimum Gasteiger partial charge on any atom is -0.508 e. The molecule has 0 aromatic heterocycles. The number of rotatable bonds is 3. The third-order valence-electron chi connectivity index (χ3n) is 3.56. The summed E-state index contributed by atoms with van der Waals surface area (Å²) in [6, 6.07) is 10.5. The zero-order chi connectivity index (χ0) is 17.3. The zero-order valence-electron chi connectivity index (χ0n) is 12.3. The Kier molecular flexibility index (Phi) is 5.09. The van der Waals surface area contributed by atoms with Crippen molar-refractivity contribution in [2.24, 2.45) is 0 Å². The number of carbonyl (C=O) groups is 2. The van der Waals surface area contributed by atoms with Crippen molar-refractivity contribution in [3.05, 3.63) is 66.4 Å². The van der Waals surface area contributed by atoms with E-state index in [2.05, 4.69) is 55.8 Å². The highest BCUT2D eigenvalue weighted by molar-refractivity contribution is 14.1. The highest BCUT2D eigenvalue weighted by Gasteiger charge is 2.27. The van der Waals surface area contributed by atoms with Gasteiger partial charge in [-0.2, -0.15) is 0 Å². The lowest BCUT2D eigenvalue weighted by Gasteiger charge is -2.18. The normalized spacial score (nSPS) is 15.2. The number of nitrogens with one attached hydrogen (secondary N) is 2. The van der Waals surface area contributed by atoms with E-state index in [4.69, 9.17) is 0 Å². The maximum atomic E-state index is 12.2. The number of amides is 2. The molecule has 24 heavy (non-hydrogen) atoms. The molecule has 0 atom stereocenters. The third-order valence-corrected chi connectivity index (χ3v) is 5.28. The quantitative estimate of drug-likeness (QED) is 0.315. The van der Waals surface area contributed by atoms with Crippen LogP contribution in [0.2, 0.25) is 0 Å². The van der Waals surface area contributed by atoms with Crippen molar-refractivity contribution in [3.63, 3.8) is 0 Å². The van der Waals surface area contributed by atoms with Crippen LogP contribution in [0.3, 0.4) is 0 Å². The number of phenolic OH excluding ortho intramolecular Hbond substituents is 1. The van der Waals surface area contributed by atoms with E-state index in [9.17, 15) is 14.7 Å². The van der Waals surface area contributed by atoms with Crippen LogP contribution in [0.25, 0.3) is 5.57 Å². The molecule has 7 heteroatoms. The first-order valence-electron chi connectivity index (χ1n) is 7.02. The molecule has 5 nitrogen and oxygen atoms in total. The summed E-state index contributed by atoms with van der Waals surface area (Å²) in [4.78, 5) is 24.1. The van der Waals surface area contributed by atoms with Crippen LogP contribution in [0.1, 0.15) is 21.5 Å². The minimum absolute atomic E-state index is 0.195. The van der Waals surface area contributed by atoms with Crippen LogP contribution in [-0.4, -0.2) is 16.9 Å². The Morgan fingerprint density at radius 3 is 2.62 bits per heavy atom. The molecule has 1 aliphatic heterocycles. The van der Waals surface area contributed by atoms with Gasteiger partial charge < -0.3 is 10.4 Å². The van der Waals surface area contributed by atoms with Gasteiger partial charge in [0.05, 0.1) is 5.57 Å². The van der Waals surface area contributed by atoms with E-state index in [0.717, 1.165) is 12.7 Å². The molecule has 2 aromatic carbocycles. The summed E-state index contributed by atoms with van der Waals surface area (Å²) >= 11 is 4.33. The second kappa shape index (κ2) is 7.09. The second-order valence-corrected chi connectivity index (χ2v) is 7.60. The molecule has 0 aliphatic carbocycles. The number of phenols is 1. The third kappa shape index (κ3) is 3.56. The van der Waals surface area contributed by atoms with Gasteiger partial charge in [-0.15, -0.1) is 0 Å². The van der Waals surface area contributed by atoms with Crippen LogP contribution < -0.4 is 10.6 Å². The van der Waals surface area contributed by atoms with Crippen molar-refractivity contribution < 1.29 is 14.7 Å². The summed E-state index contributed by atoms with van der Waals surface area (Å²) in [6.07, 6.45) is 1.61. The molecule has 3 N–H and O–H groups in total. The molecule has 0 spiro atoms. The molecule has 0 saturated heterocycles. The largest absolute Gasteiger partial charge is 0.508 e. The van der Waals surface area contributed by atoms with Gasteiger partial charge in [-0.05, 0) is 87.1 Å². The highest BCUT2D eigenvalue weighted by atomic mass is 127. The maximum Gasteiger partial charge on any atom is 0.260 e. The van der Waals surface area contributed by atoms with E-state index < -0.39 is 5.91 Å². The van der Waals surface area contributed by atoms with Crippen molar-refractivity contribution in [2.45, 2.75) is 6.54 Å². The van der Waals surface area contributed by atoms with Crippen LogP contribution >= 0.6 is 45.2 Å². The van der Waals surface area contributed by atoms with Crippen LogP contribution in [0.15, 0.2) is 42.6 Å². The van der Waals surface area contributed by atoms with Crippen LogP contribution in [0, 0.1) is 7.14 Å². The number of aromatic hydroxyl groups is 1. The number of fused-ring (bicyclic) bond motifs is 1. The Labute approximate surface area is 165 Å². The molecule has 2 aromatic rings. The van der Waals surface area contributed by atoms with Gasteiger partial charge in [-0.3, -0.25) is 14.9 Å². The van der Waals surface area contributed by atoms with E-state index in [-0.39, 0.29) is 11.7 Å². The number of carbonyl (C=O) groups excluding carboxylic acids is 2. The summed E-state index contributed by atoms with van der Waals surface area (Å²) < 4.78 is 1.96. The van der Waals surface area contributed by atoms with E-state index in [1.54, 1.807) is 24.4 Å². The minimum atomic E-state index is -0.424. The lowest BCUT2D eigenvalue weighted by atomic mass is 9.95. The molecule has 1 aliphatic rings. The van der Waals surface area contributed by atoms with Gasteiger partial charge in [0.25, 0.3) is 11.8 Å². The van der Waals surface area contributed by atoms with E-state index in [0.29, 0.717) is 23.2 Å². The summed E-state index contributed by atoms with van der Waals surface area (Å²) in [6.45, 7) is 0.455. The number of benzene rings is 2. The first-order valence-corrected chi connectivity index (χ1v) is 9.18. The number of hydrogen-bond donors (Lipinski definition) is 3. The first-order chi connectivity index (χ1) is 11.5. The van der Waals surface area contributed by atoms with E-state index >= 15 is 0 Å². The standard InChI is InChI=1S/C17H12I2N2O3/c18-10-1-3-12-13(6-10)14(17(24)21-16(12)23)8-20-7-9-5-11(22)2-4-15(9)19/h1-6,8,20,22H,7H2,(H,21,23,24). The monoisotopic (exact) mass is 546 g/mol. The van der Waals surface area contributed by atoms with E-state index in [1.165, 1.54) is 0 Å². The molecule has 0 radical (unpaired) electrons. The average Bonchev–Trinajstić information content (AvgIpc) is 2.53. The summed E-state index contributed by atoms with van der Waals surface area (Å²) in [5.74, 6) is -0.612. The molecule has 0 unspecified atom stereocenters. The molecule has 3 rings (SSSR count). The SMILES string of the molecule is O=C1NC(=O)c2ccc(I)cc2C1=CNCc1cc(O)ccc1I. The fraction of sp³-hybridized carbons (Fsp3) is 0.0588. The van der Waals surface area contributed by atoms with Crippen molar-refractivity contribution in [2.75, 3.05) is 0 Å². The molecule has 122 valence electrons. The summed E-state index contributed by atoms with van der Waals surface area (Å²) in [5.41, 5.74) is 2.43. The second-order valence-electron chi connectivity index (χ2n) is 5.19. The summed E-state index contributed by atoms with van der Waals surface area (Å²) in [5, 5.41) is 15.0. The average molecular weight is 546 g/mol. The molecule has 1 heterocycles. The van der Waals surface area contributed by atoms with E-state index in [1.807, 2.05) is 18.2 Å². The Bertz CT molecular complexity index is 878. The van der Waals surface area contributed by atoms with Gasteiger partial charge in [0.1, 0.15) is 5.75 Å². The van der Waals surface area contributed by atoms with Crippen molar-refractivity contribution in [3.8, 4) is 5.75 Å². The molecular weight excluding hydrogens is 534 g/mol. The molecule has 0 fully saturated rings. The Hall–Kier alpha value is -1.62. The maximum absolute atomic E-state index is 12.2. The predicted octanol–water partition coefficient (Wildman–Crippen LogP) is 3.00. The fourth-order valence-corrected chi connectivity index (χ4v) is 3.42. The van der Waals surface area contributed by atoms with Crippen molar-refractivity contribution in [1.29, 1.82) is 0 Å². The smallest absolute Gasteiger partial charge is 0.260 e. The van der Waals surface area contributed by atoms with Gasteiger partial charge in [-0.25, -0.2) is 0 Å². The van der Waals surface area contributed by atoms with Gasteiger partial charge in [0, 0.05) is 31.0 Å². The molecule has 0 bridgehead atoms. The van der Waals surface area contributed by atoms with Gasteiger partial charge in [0.2, 0.25) is 0 Å². The lowest BCUT2D eigenvalue weighted by Crippen LogP contribution is -2.37. The lowest BCUT2D eigenvalue weighted by molar-refractivity contribution is -0.114. The predicted molar refractivity (Wildman–Crippen MR) is 107 cm³/mol. The molecular formula is C17H12I2N2O3. The fourth-order valence-electron chi connectivity index (χ4n) is 2.40. The molecule has 0 saturated carbocycles. The van der Waals surface area contributed by atoms with Gasteiger partial charge in [0.15, 0.2) is 0 Å². The molecule has 2 amide bonds. The van der Waals surface area contributed by atoms with Crippen LogP contribution in [0.4, 0.5) is 0 Å². The Balaban J connectivity index is 1.88.